The summed E-state index contributed by atoms with van der Waals surface area (Å²) in [5.41, 5.74) is 1.13. The van der Waals surface area contributed by atoms with Gasteiger partial charge in [-0.05, 0) is 26.7 Å². The summed E-state index contributed by atoms with van der Waals surface area (Å²) in [6, 6.07) is 0. The van der Waals surface area contributed by atoms with E-state index < -0.39 is 0 Å². The molecule has 0 aliphatic carbocycles. The number of nitrogens with one attached hydrogen (secondary N) is 1. The Bertz CT molecular complexity index is 652. The van der Waals surface area contributed by atoms with Crippen LogP contribution in [0.15, 0.2) is 4.99 Å². The summed E-state index contributed by atoms with van der Waals surface area (Å²) in [7, 11) is 1.81. The second kappa shape index (κ2) is 10.6. The fourth-order valence-corrected chi connectivity index (χ4v) is 4.48. The number of nitrogens with zero attached hydrogens (tertiary/aromatic N) is 4. The number of hydrogen-bond acceptors (Lipinski definition) is 5. The number of carbonyl (C=O) groups excluding carboxylic acids is 1. The van der Waals surface area contributed by atoms with Crippen molar-refractivity contribution in [1.29, 1.82) is 0 Å². The number of piperazine rings is 1. The molecule has 9 heteroatoms. The number of aryl methyl sites for hydroxylation is 2. The summed E-state index contributed by atoms with van der Waals surface area (Å²) in [6.45, 7) is 8.73. The Balaban J connectivity index is 0.00000261. The molecular formula is C18H30IN5O2S. The smallest absolute Gasteiger partial charge is 0.251 e. The molecule has 7 nitrogen and oxygen atoms in total. The van der Waals surface area contributed by atoms with E-state index in [4.69, 9.17) is 4.74 Å². The van der Waals surface area contributed by atoms with Gasteiger partial charge in [0.15, 0.2) is 5.96 Å². The number of ether oxygens (including phenoxy) is 1. The van der Waals surface area contributed by atoms with Gasteiger partial charge in [-0.15, -0.1) is 35.3 Å². The third-order valence-corrected chi connectivity index (χ3v) is 6.08. The van der Waals surface area contributed by atoms with Crippen molar-refractivity contribution < 1.29 is 9.53 Å². The van der Waals surface area contributed by atoms with Crippen LogP contribution in [-0.2, 0) is 16.0 Å². The van der Waals surface area contributed by atoms with Crippen LogP contribution in [0.1, 0.15) is 28.4 Å². The van der Waals surface area contributed by atoms with Crippen LogP contribution in [0.5, 0.6) is 0 Å². The van der Waals surface area contributed by atoms with Crippen LogP contribution in [0.25, 0.3) is 0 Å². The maximum atomic E-state index is 12.4. The van der Waals surface area contributed by atoms with E-state index in [-0.39, 0.29) is 36.0 Å². The van der Waals surface area contributed by atoms with Crippen LogP contribution in [0, 0.1) is 13.8 Å². The summed E-state index contributed by atoms with van der Waals surface area (Å²) in [5.74, 6) is 1.06. The second-order valence-electron chi connectivity index (χ2n) is 6.78. The monoisotopic (exact) mass is 507 g/mol. The van der Waals surface area contributed by atoms with Crippen molar-refractivity contribution in [2.45, 2.75) is 39.2 Å². The average molecular weight is 507 g/mol. The van der Waals surface area contributed by atoms with Gasteiger partial charge in [0, 0.05) is 57.7 Å². The van der Waals surface area contributed by atoms with Gasteiger partial charge in [0.25, 0.3) is 5.91 Å². The van der Waals surface area contributed by atoms with Gasteiger partial charge in [-0.3, -0.25) is 9.79 Å². The van der Waals surface area contributed by atoms with Crippen LogP contribution >= 0.6 is 35.3 Å². The number of guanidine groups is 1. The second-order valence-corrected chi connectivity index (χ2v) is 8.07. The Morgan fingerprint density at radius 3 is 2.56 bits per heavy atom. The van der Waals surface area contributed by atoms with E-state index in [1.54, 1.807) is 11.3 Å². The number of thiazole rings is 1. The predicted octanol–water partition coefficient (Wildman–Crippen LogP) is 1.82. The third kappa shape index (κ3) is 5.77. The Morgan fingerprint density at radius 2 is 2.00 bits per heavy atom. The average Bonchev–Trinajstić information content (AvgIpc) is 3.28. The fraction of sp³-hybridized carbons (Fsp3) is 0.722. The van der Waals surface area contributed by atoms with E-state index in [2.05, 4.69) is 27.1 Å². The summed E-state index contributed by atoms with van der Waals surface area (Å²) in [4.78, 5) is 26.8. The first kappa shape index (κ1) is 22.4. The maximum Gasteiger partial charge on any atom is 0.251 e. The van der Waals surface area contributed by atoms with Crippen molar-refractivity contribution in [3.8, 4) is 0 Å². The Kier molecular flexibility index (Phi) is 8.74. The quantitative estimate of drug-likeness (QED) is 0.383. The van der Waals surface area contributed by atoms with Crippen LogP contribution in [-0.4, -0.2) is 79.1 Å². The van der Waals surface area contributed by atoms with E-state index >= 15 is 0 Å². The molecule has 1 aromatic rings. The molecule has 1 aromatic heterocycles. The number of aromatic nitrogens is 1. The maximum absolute atomic E-state index is 12.4. The first-order valence-corrected chi connectivity index (χ1v) is 10.2. The van der Waals surface area contributed by atoms with E-state index in [1.165, 1.54) is 4.88 Å². The van der Waals surface area contributed by atoms with Gasteiger partial charge in [-0.2, -0.15) is 0 Å². The zero-order chi connectivity index (χ0) is 18.5. The molecule has 2 aliphatic rings. The van der Waals surface area contributed by atoms with Crippen molar-refractivity contribution >= 4 is 47.2 Å². The number of amides is 1. The van der Waals surface area contributed by atoms with E-state index in [0.717, 1.165) is 68.6 Å². The zero-order valence-electron chi connectivity index (χ0n) is 16.4. The van der Waals surface area contributed by atoms with Crippen molar-refractivity contribution in [3.63, 3.8) is 0 Å². The van der Waals surface area contributed by atoms with Crippen molar-refractivity contribution in [2.75, 3.05) is 46.4 Å². The number of aliphatic imine (C=N–C) groups is 1. The van der Waals surface area contributed by atoms with Crippen molar-refractivity contribution in [2.24, 2.45) is 4.99 Å². The first-order valence-electron chi connectivity index (χ1n) is 9.37. The summed E-state index contributed by atoms with van der Waals surface area (Å²) < 4.78 is 5.52. The number of rotatable bonds is 4. The SMILES string of the molecule is CN=C(NCCc1sc(C)nc1C)N1CCN(C(=O)C2CCCO2)CC1.I. The normalized spacial score (nSPS) is 20.6. The molecule has 2 saturated heterocycles. The van der Waals surface area contributed by atoms with Crippen LogP contribution < -0.4 is 5.32 Å². The molecule has 1 amide bonds. The lowest BCUT2D eigenvalue weighted by Gasteiger charge is -2.37. The highest BCUT2D eigenvalue weighted by atomic mass is 127. The highest BCUT2D eigenvalue weighted by Gasteiger charge is 2.30. The highest BCUT2D eigenvalue weighted by molar-refractivity contribution is 14.0. The molecule has 0 bridgehead atoms. The summed E-state index contributed by atoms with van der Waals surface area (Å²) >= 11 is 1.76. The van der Waals surface area contributed by atoms with Crippen LogP contribution in [0.2, 0.25) is 0 Å². The molecule has 1 unspecified atom stereocenters. The number of carbonyl (C=O) groups is 1. The minimum absolute atomic E-state index is 0. The molecule has 1 N–H and O–H groups in total. The minimum Gasteiger partial charge on any atom is -0.368 e. The van der Waals surface area contributed by atoms with Crippen LogP contribution in [0.4, 0.5) is 0 Å². The largest absolute Gasteiger partial charge is 0.368 e. The molecule has 3 heterocycles. The van der Waals surface area contributed by atoms with E-state index in [1.807, 2.05) is 18.9 Å². The highest BCUT2D eigenvalue weighted by Crippen LogP contribution is 2.18. The molecular weight excluding hydrogens is 477 g/mol. The first-order chi connectivity index (χ1) is 12.6. The Labute approximate surface area is 182 Å². The van der Waals surface area contributed by atoms with Crippen molar-refractivity contribution in [3.05, 3.63) is 15.6 Å². The predicted molar refractivity (Wildman–Crippen MR) is 119 cm³/mol. The summed E-state index contributed by atoms with van der Waals surface area (Å²) in [5, 5.41) is 4.57. The molecule has 0 spiro atoms. The molecule has 2 aliphatic heterocycles. The lowest BCUT2D eigenvalue weighted by atomic mass is 10.2. The lowest BCUT2D eigenvalue weighted by Crippen LogP contribution is -2.55. The Morgan fingerprint density at radius 1 is 1.30 bits per heavy atom. The molecule has 152 valence electrons. The third-order valence-electron chi connectivity index (χ3n) is 4.94. The molecule has 27 heavy (non-hydrogen) atoms. The number of halogens is 1. The minimum atomic E-state index is -0.218. The molecule has 0 radical (unpaired) electrons. The van der Waals surface area contributed by atoms with Gasteiger partial charge in [0.05, 0.1) is 10.7 Å². The molecule has 1 atom stereocenters. The van der Waals surface area contributed by atoms with Gasteiger partial charge in [0.1, 0.15) is 6.10 Å². The summed E-state index contributed by atoms with van der Waals surface area (Å²) in [6.07, 6.45) is 2.59. The zero-order valence-corrected chi connectivity index (χ0v) is 19.5. The number of hydrogen-bond donors (Lipinski definition) is 1. The molecule has 3 rings (SSSR count). The van der Waals surface area contributed by atoms with Gasteiger partial charge >= 0.3 is 0 Å². The lowest BCUT2D eigenvalue weighted by molar-refractivity contribution is -0.142. The van der Waals surface area contributed by atoms with Gasteiger partial charge in [-0.25, -0.2) is 4.98 Å². The van der Waals surface area contributed by atoms with E-state index in [9.17, 15) is 4.79 Å². The van der Waals surface area contributed by atoms with E-state index in [0.29, 0.717) is 6.61 Å². The fourth-order valence-electron chi connectivity index (χ4n) is 3.54. The van der Waals surface area contributed by atoms with Gasteiger partial charge in [0.2, 0.25) is 0 Å². The Hall–Kier alpha value is -0.940. The van der Waals surface area contributed by atoms with Gasteiger partial charge in [-0.1, -0.05) is 0 Å². The standard InChI is InChI=1S/C18H29N5O2S.HI/c1-13-16(26-14(2)21-13)6-7-20-18(19-3)23-10-8-22(9-11-23)17(24)15-5-4-12-25-15;/h15H,4-12H2,1-3H3,(H,19,20);1H. The molecule has 0 saturated carbocycles. The van der Waals surface area contributed by atoms with Crippen LogP contribution in [0.3, 0.4) is 0 Å². The van der Waals surface area contributed by atoms with Gasteiger partial charge < -0.3 is 19.9 Å². The molecule has 2 fully saturated rings. The molecule has 0 aromatic carbocycles. The topological polar surface area (TPSA) is 70.1 Å². The van der Waals surface area contributed by atoms with Crippen molar-refractivity contribution in [1.82, 2.24) is 20.1 Å².